The van der Waals surface area contributed by atoms with Crippen molar-refractivity contribution in [3.63, 3.8) is 0 Å². The first kappa shape index (κ1) is 14.1. The predicted octanol–water partition coefficient (Wildman–Crippen LogP) is 2.82. The van der Waals surface area contributed by atoms with Crippen LogP contribution in [0.2, 0.25) is 0 Å². The fourth-order valence-corrected chi connectivity index (χ4v) is 3.30. The zero-order valence-corrected chi connectivity index (χ0v) is 13.4. The molecule has 0 spiro atoms. The fraction of sp³-hybridized carbons (Fsp3) is 0.467. The van der Waals surface area contributed by atoms with E-state index in [-0.39, 0.29) is 0 Å². The Morgan fingerprint density at radius 3 is 2.81 bits per heavy atom. The van der Waals surface area contributed by atoms with Gasteiger partial charge in [0.25, 0.3) is 0 Å². The second-order valence-electron chi connectivity index (χ2n) is 5.26. The Labute approximate surface area is 129 Å². The van der Waals surface area contributed by atoms with Gasteiger partial charge in [0.1, 0.15) is 5.01 Å². The summed E-state index contributed by atoms with van der Waals surface area (Å²) in [6.45, 7) is 5.99. The molecule has 3 rings (SSSR count). The molecule has 6 heteroatoms. The van der Waals surface area contributed by atoms with Crippen molar-refractivity contribution >= 4 is 27.8 Å². The second kappa shape index (κ2) is 6.30. The van der Waals surface area contributed by atoms with E-state index in [1.54, 1.807) is 11.3 Å². The first-order valence-corrected chi connectivity index (χ1v) is 8.21. The van der Waals surface area contributed by atoms with Crippen LogP contribution in [0.25, 0.3) is 0 Å². The van der Waals surface area contributed by atoms with Gasteiger partial charge in [-0.15, -0.1) is 10.2 Å². The van der Waals surface area contributed by atoms with Crippen LogP contribution in [-0.2, 0) is 6.54 Å². The van der Waals surface area contributed by atoms with E-state index in [1.807, 2.05) is 0 Å². The number of nitrogens with one attached hydrogen (secondary N) is 1. The Hall–Kier alpha value is -1.82. The lowest BCUT2D eigenvalue weighted by Gasteiger charge is -2.36. The highest BCUT2D eigenvalue weighted by molar-refractivity contribution is 7.15. The number of anilines is 3. The van der Waals surface area contributed by atoms with Gasteiger partial charge >= 0.3 is 0 Å². The van der Waals surface area contributed by atoms with Crippen LogP contribution in [0.5, 0.6) is 0 Å². The van der Waals surface area contributed by atoms with E-state index >= 15 is 0 Å². The SMILES string of the molecule is CCCNc1nnc(CN2CCN(C)c3ccccc32)s1. The summed E-state index contributed by atoms with van der Waals surface area (Å²) in [5.74, 6) is 0. The van der Waals surface area contributed by atoms with E-state index in [2.05, 4.69) is 63.6 Å². The van der Waals surface area contributed by atoms with Crippen molar-refractivity contribution in [3.8, 4) is 0 Å². The maximum Gasteiger partial charge on any atom is 0.205 e. The molecular formula is C15H21N5S. The molecule has 1 aromatic heterocycles. The number of benzene rings is 1. The number of nitrogens with zero attached hydrogens (tertiary/aromatic N) is 4. The molecule has 0 saturated heterocycles. The average Bonchev–Trinajstić information content (AvgIpc) is 2.96. The van der Waals surface area contributed by atoms with Crippen LogP contribution in [-0.4, -0.2) is 36.9 Å². The molecule has 0 bridgehead atoms. The molecular weight excluding hydrogens is 282 g/mol. The van der Waals surface area contributed by atoms with Crippen LogP contribution in [0, 0.1) is 0 Å². The lowest BCUT2D eigenvalue weighted by molar-refractivity contribution is 0.727. The quantitative estimate of drug-likeness (QED) is 0.920. The summed E-state index contributed by atoms with van der Waals surface area (Å²) in [5.41, 5.74) is 2.57. The van der Waals surface area contributed by atoms with Crippen molar-refractivity contribution in [2.75, 3.05) is 41.8 Å². The van der Waals surface area contributed by atoms with Crippen LogP contribution in [0.4, 0.5) is 16.5 Å². The number of fused-ring (bicyclic) bond motifs is 1. The van der Waals surface area contributed by atoms with Crippen LogP contribution in [0.15, 0.2) is 24.3 Å². The maximum absolute atomic E-state index is 4.31. The standard InChI is InChI=1S/C15H21N5S/c1-3-8-16-15-18-17-14(21-15)11-20-10-9-19(2)12-6-4-5-7-13(12)20/h4-7H,3,8-11H2,1-2H3,(H,16,18). The molecule has 2 heterocycles. The number of rotatable bonds is 5. The molecule has 1 aliphatic rings. The Morgan fingerprint density at radius 1 is 1.19 bits per heavy atom. The number of aromatic nitrogens is 2. The minimum atomic E-state index is 0.830. The summed E-state index contributed by atoms with van der Waals surface area (Å²) in [6, 6.07) is 8.55. The van der Waals surface area contributed by atoms with Gasteiger partial charge in [0, 0.05) is 26.7 Å². The van der Waals surface area contributed by atoms with E-state index in [0.29, 0.717) is 0 Å². The van der Waals surface area contributed by atoms with E-state index in [0.717, 1.165) is 42.7 Å². The van der Waals surface area contributed by atoms with Crippen molar-refractivity contribution in [2.45, 2.75) is 19.9 Å². The smallest absolute Gasteiger partial charge is 0.205 e. The average molecular weight is 303 g/mol. The molecule has 0 fully saturated rings. The van der Waals surface area contributed by atoms with E-state index in [4.69, 9.17) is 0 Å². The Kier molecular flexibility index (Phi) is 4.24. The monoisotopic (exact) mass is 303 g/mol. The van der Waals surface area contributed by atoms with Gasteiger partial charge in [-0.25, -0.2) is 0 Å². The van der Waals surface area contributed by atoms with Gasteiger partial charge in [-0.3, -0.25) is 0 Å². The van der Waals surface area contributed by atoms with Crippen LogP contribution in [0.1, 0.15) is 18.4 Å². The molecule has 21 heavy (non-hydrogen) atoms. The van der Waals surface area contributed by atoms with Crippen molar-refractivity contribution in [1.82, 2.24) is 10.2 Å². The van der Waals surface area contributed by atoms with Crippen molar-refractivity contribution in [3.05, 3.63) is 29.3 Å². The van der Waals surface area contributed by atoms with Crippen LogP contribution >= 0.6 is 11.3 Å². The maximum atomic E-state index is 4.31. The topological polar surface area (TPSA) is 44.3 Å². The minimum absolute atomic E-state index is 0.830. The van der Waals surface area contributed by atoms with Gasteiger partial charge in [0.15, 0.2) is 0 Å². The number of hydrogen-bond acceptors (Lipinski definition) is 6. The Morgan fingerprint density at radius 2 is 2.00 bits per heavy atom. The van der Waals surface area contributed by atoms with Gasteiger partial charge in [-0.05, 0) is 18.6 Å². The normalized spacial score (nSPS) is 14.2. The molecule has 0 amide bonds. The molecule has 0 aliphatic carbocycles. The third-order valence-corrected chi connectivity index (χ3v) is 4.52. The van der Waals surface area contributed by atoms with Gasteiger partial charge in [0.05, 0.1) is 17.9 Å². The van der Waals surface area contributed by atoms with Crippen molar-refractivity contribution < 1.29 is 0 Å². The Bertz CT molecular complexity index is 597. The van der Waals surface area contributed by atoms with Crippen LogP contribution in [0.3, 0.4) is 0 Å². The van der Waals surface area contributed by atoms with Crippen LogP contribution < -0.4 is 15.1 Å². The summed E-state index contributed by atoms with van der Waals surface area (Å²) < 4.78 is 0. The summed E-state index contributed by atoms with van der Waals surface area (Å²) in [5, 5.41) is 13.8. The summed E-state index contributed by atoms with van der Waals surface area (Å²) in [4.78, 5) is 4.69. The van der Waals surface area contributed by atoms with E-state index in [1.165, 1.54) is 11.4 Å². The summed E-state index contributed by atoms with van der Waals surface area (Å²) in [7, 11) is 2.15. The second-order valence-corrected chi connectivity index (χ2v) is 6.32. The van der Waals surface area contributed by atoms with Gasteiger partial charge in [0.2, 0.25) is 5.13 Å². The lowest BCUT2D eigenvalue weighted by Crippen LogP contribution is -2.38. The molecule has 112 valence electrons. The number of hydrogen-bond donors (Lipinski definition) is 1. The largest absolute Gasteiger partial charge is 0.371 e. The molecule has 1 aromatic carbocycles. The van der Waals surface area contributed by atoms with Gasteiger partial charge in [-0.1, -0.05) is 30.4 Å². The van der Waals surface area contributed by atoms with Gasteiger partial charge < -0.3 is 15.1 Å². The molecule has 0 unspecified atom stereocenters. The van der Waals surface area contributed by atoms with E-state index < -0.39 is 0 Å². The zero-order chi connectivity index (χ0) is 14.7. The highest BCUT2D eigenvalue weighted by atomic mass is 32.1. The fourth-order valence-electron chi connectivity index (χ4n) is 2.51. The summed E-state index contributed by atoms with van der Waals surface area (Å²) >= 11 is 1.65. The first-order chi connectivity index (χ1) is 10.3. The predicted molar refractivity (Wildman–Crippen MR) is 89.5 cm³/mol. The number of para-hydroxylation sites is 2. The summed E-state index contributed by atoms with van der Waals surface area (Å²) in [6.07, 6.45) is 1.10. The number of likely N-dealkylation sites (N-methyl/N-ethyl adjacent to an activating group) is 1. The van der Waals surface area contributed by atoms with Gasteiger partial charge in [-0.2, -0.15) is 0 Å². The highest BCUT2D eigenvalue weighted by Gasteiger charge is 2.20. The third kappa shape index (κ3) is 3.10. The molecule has 0 saturated carbocycles. The Balaban J connectivity index is 1.73. The van der Waals surface area contributed by atoms with Crippen molar-refractivity contribution in [1.29, 1.82) is 0 Å². The van der Waals surface area contributed by atoms with E-state index in [9.17, 15) is 0 Å². The lowest BCUT2D eigenvalue weighted by atomic mass is 10.2. The molecule has 0 atom stereocenters. The highest BCUT2D eigenvalue weighted by Crippen LogP contribution is 2.33. The minimum Gasteiger partial charge on any atom is -0.371 e. The third-order valence-electron chi connectivity index (χ3n) is 3.66. The molecule has 0 radical (unpaired) electrons. The first-order valence-electron chi connectivity index (χ1n) is 7.39. The molecule has 2 aromatic rings. The molecule has 1 aliphatic heterocycles. The van der Waals surface area contributed by atoms with Crippen molar-refractivity contribution in [2.24, 2.45) is 0 Å². The molecule has 1 N–H and O–H groups in total. The molecule has 5 nitrogen and oxygen atoms in total. The zero-order valence-electron chi connectivity index (χ0n) is 12.5.